The van der Waals surface area contributed by atoms with Crippen molar-refractivity contribution in [2.45, 2.75) is 13.0 Å². The summed E-state index contributed by atoms with van der Waals surface area (Å²) >= 11 is 7.16. The van der Waals surface area contributed by atoms with E-state index in [-0.39, 0.29) is 6.04 Å². The van der Waals surface area contributed by atoms with Crippen LogP contribution < -0.4 is 10.5 Å². The smallest absolute Gasteiger partial charge is 0.120 e. The first kappa shape index (κ1) is 14.6. The lowest BCUT2D eigenvalue weighted by Gasteiger charge is -2.17. The van der Waals surface area contributed by atoms with Crippen molar-refractivity contribution in [1.82, 2.24) is 0 Å². The van der Waals surface area contributed by atoms with Gasteiger partial charge in [0.1, 0.15) is 5.75 Å². The Morgan fingerprint density at radius 1 is 1.11 bits per heavy atom. The van der Waals surface area contributed by atoms with Crippen LogP contribution >= 0.6 is 31.9 Å². The summed E-state index contributed by atoms with van der Waals surface area (Å²) in [4.78, 5) is 0. The molecule has 0 aliphatic carbocycles. The van der Waals surface area contributed by atoms with Crippen molar-refractivity contribution < 1.29 is 4.74 Å². The van der Waals surface area contributed by atoms with Crippen LogP contribution in [-0.2, 0) is 0 Å². The van der Waals surface area contributed by atoms with Crippen molar-refractivity contribution in [3.63, 3.8) is 0 Å². The second kappa shape index (κ2) is 6.07. The van der Waals surface area contributed by atoms with Crippen LogP contribution in [0.25, 0.3) is 0 Å². The van der Waals surface area contributed by atoms with E-state index in [0.717, 1.165) is 25.8 Å². The highest BCUT2D eigenvalue weighted by molar-refractivity contribution is 9.10. The average molecular weight is 385 g/mol. The second-order valence-electron chi connectivity index (χ2n) is 4.34. The topological polar surface area (TPSA) is 35.2 Å². The molecule has 4 heteroatoms. The van der Waals surface area contributed by atoms with Gasteiger partial charge in [-0.1, -0.05) is 56.1 Å². The van der Waals surface area contributed by atoms with E-state index in [0.29, 0.717) is 0 Å². The summed E-state index contributed by atoms with van der Waals surface area (Å²) in [6, 6.07) is 11.8. The van der Waals surface area contributed by atoms with Gasteiger partial charge in [-0.25, -0.2) is 0 Å². The quantitative estimate of drug-likeness (QED) is 0.840. The first-order valence-electron chi connectivity index (χ1n) is 5.88. The molecule has 2 nitrogen and oxygen atoms in total. The van der Waals surface area contributed by atoms with Crippen LogP contribution in [0.4, 0.5) is 0 Å². The molecule has 19 heavy (non-hydrogen) atoms. The molecule has 0 heterocycles. The third-order valence-corrected chi connectivity index (χ3v) is 4.87. The fraction of sp³-hybridized carbons (Fsp3) is 0.200. The van der Waals surface area contributed by atoms with Crippen LogP contribution in [0.1, 0.15) is 22.7 Å². The summed E-state index contributed by atoms with van der Waals surface area (Å²) in [6.45, 7) is 2.06. The Labute approximate surface area is 130 Å². The average Bonchev–Trinajstić information content (AvgIpc) is 2.41. The molecule has 100 valence electrons. The molecule has 2 aromatic rings. The van der Waals surface area contributed by atoms with Crippen LogP contribution in [-0.4, -0.2) is 7.11 Å². The van der Waals surface area contributed by atoms with Gasteiger partial charge in [0.05, 0.1) is 13.2 Å². The van der Waals surface area contributed by atoms with Crippen molar-refractivity contribution in [3.05, 3.63) is 62.0 Å². The first-order chi connectivity index (χ1) is 9.04. The molecule has 0 spiro atoms. The molecule has 0 aliphatic heterocycles. The molecule has 1 atom stereocenters. The van der Waals surface area contributed by atoms with Crippen molar-refractivity contribution in [3.8, 4) is 5.75 Å². The van der Waals surface area contributed by atoms with Crippen molar-refractivity contribution in [2.75, 3.05) is 7.11 Å². The molecule has 2 N–H and O–H groups in total. The number of benzene rings is 2. The van der Waals surface area contributed by atoms with Gasteiger partial charge in [-0.3, -0.25) is 0 Å². The fourth-order valence-corrected chi connectivity index (χ4v) is 3.08. The normalized spacial score (nSPS) is 12.3. The van der Waals surface area contributed by atoms with Gasteiger partial charge in [0, 0.05) is 8.95 Å². The predicted molar refractivity (Wildman–Crippen MR) is 85.6 cm³/mol. The Morgan fingerprint density at radius 2 is 1.84 bits per heavy atom. The lowest BCUT2D eigenvalue weighted by atomic mass is 9.98. The zero-order valence-electron chi connectivity index (χ0n) is 10.8. The predicted octanol–water partition coefficient (Wildman–Crippen LogP) is 4.58. The summed E-state index contributed by atoms with van der Waals surface area (Å²) in [6.07, 6.45) is 0. The van der Waals surface area contributed by atoms with E-state index >= 15 is 0 Å². The number of ether oxygens (including phenoxy) is 1. The molecule has 0 aromatic heterocycles. The van der Waals surface area contributed by atoms with E-state index in [4.69, 9.17) is 10.5 Å². The minimum Gasteiger partial charge on any atom is -0.497 e. The fourth-order valence-electron chi connectivity index (χ4n) is 1.96. The van der Waals surface area contributed by atoms with Crippen LogP contribution in [0.2, 0.25) is 0 Å². The molecule has 0 fully saturated rings. The van der Waals surface area contributed by atoms with Gasteiger partial charge in [0.25, 0.3) is 0 Å². The van der Waals surface area contributed by atoms with Gasteiger partial charge in [0.15, 0.2) is 0 Å². The number of methoxy groups -OCH3 is 1. The summed E-state index contributed by atoms with van der Waals surface area (Å²) in [5.74, 6) is 0.811. The molecule has 0 radical (unpaired) electrons. The largest absolute Gasteiger partial charge is 0.497 e. The van der Waals surface area contributed by atoms with Crippen LogP contribution in [0, 0.1) is 6.92 Å². The van der Waals surface area contributed by atoms with E-state index in [1.807, 2.05) is 30.3 Å². The molecule has 2 rings (SSSR count). The van der Waals surface area contributed by atoms with Gasteiger partial charge in [-0.15, -0.1) is 0 Å². The Bertz CT molecular complexity index is 599. The highest BCUT2D eigenvalue weighted by atomic mass is 79.9. The molecule has 0 amide bonds. The Kier molecular flexibility index (Phi) is 4.66. The Balaban J connectivity index is 2.44. The second-order valence-corrected chi connectivity index (χ2v) is 5.99. The van der Waals surface area contributed by atoms with Crippen LogP contribution in [0.3, 0.4) is 0 Å². The zero-order chi connectivity index (χ0) is 14.0. The maximum absolute atomic E-state index is 6.38. The molecular formula is C15H15Br2NO. The van der Waals surface area contributed by atoms with Crippen molar-refractivity contribution in [2.24, 2.45) is 5.73 Å². The van der Waals surface area contributed by atoms with Crippen LogP contribution in [0.15, 0.2) is 45.3 Å². The van der Waals surface area contributed by atoms with Gasteiger partial charge >= 0.3 is 0 Å². The minimum absolute atomic E-state index is 0.186. The first-order valence-corrected chi connectivity index (χ1v) is 7.47. The number of halogens is 2. The lowest BCUT2D eigenvalue weighted by Crippen LogP contribution is -2.13. The summed E-state index contributed by atoms with van der Waals surface area (Å²) in [5.41, 5.74) is 9.67. The van der Waals surface area contributed by atoms with E-state index in [2.05, 4.69) is 44.8 Å². The number of hydrogen-bond acceptors (Lipinski definition) is 2. The van der Waals surface area contributed by atoms with Gasteiger partial charge in [-0.2, -0.15) is 0 Å². The van der Waals surface area contributed by atoms with E-state index in [1.54, 1.807) is 7.11 Å². The van der Waals surface area contributed by atoms with Crippen molar-refractivity contribution >= 4 is 31.9 Å². The summed E-state index contributed by atoms with van der Waals surface area (Å²) < 4.78 is 7.21. The number of hydrogen-bond donors (Lipinski definition) is 1. The molecule has 1 unspecified atom stereocenters. The third-order valence-electron chi connectivity index (χ3n) is 3.10. The highest BCUT2D eigenvalue weighted by Crippen LogP contribution is 2.34. The maximum Gasteiger partial charge on any atom is 0.120 e. The zero-order valence-corrected chi connectivity index (χ0v) is 14.0. The van der Waals surface area contributed by atoms with E-state index < -0.39 is 0 Å². The maximum atomic E-state index is 6.38. The Morgan fingerprint density at radius 3 is 2.47 bits per heavy atom. The minimum atomic E-state index is -0.186. The third kappa shape index (κ3) is 3.02. The molecule has 0 aliphatic rings. The number of rotatable bonds is 3. The monoisotopic (exact) mass is 383 g/mol. The number of nitrogens with two attached hydrogens (primary N) is 1. The summed E-state index contributed by atoms with van der Waals surface area (Å²) in [7, 11) is 1.65. The molecule has 0 saturated carbocycles. The van der Waals surface area contributed by atoms with Crippen LogP contribution in [0.5, 0.6) is 5.75 Å². The highest BCUT2D eigenvalue weighted by Gasteiger charge is 2.16. The van der Waals surface area contributed by atoms with E-state index in [9.17, 15) is 0 Å². The van der Waals surface area contributed by atoms with Gasteiger partial charge < -0.3 is 10.5 Å². The van der Waals surface area contributed by atoms with Gasteiger partial charge in [0.2, 0.25) is 0 Å². The summed E-state index contributed by atoms with van der Waals surface area (Å²) in [5, 5.41) is 0. The molecular weight excluding hydrogens is 370 g/mol. The SMILES string of the molecule is COc1ccc(C(N)c2cccc(C)c2Br)c(Br)c1. The van der Waals surface area contributed by atoms with Gasteiger partial charge in [-0.05, 0) is 35.7 Å². The standard InChI is InChI=1S/C15H15Br2NO/c1-9-4-3-5-12(14(9)17)15(18)11-7-6-10(19-2)8-13(11)16/h3-8,15H,18H2,1-2H3. The van der Waals surface area contributed by atoms with E-state index in [1.165, 1.54) is 5.56 Å². The molecule has 2 aromatic carbocycles. The van der Waals surface area contributed by atoms with Crippen molar-refractivity contribution in [1.29, 1.82) is 0 Å². The molecule has 0 bridgehead atoms. The Hall–Kier alpha value is -0.840. The molecule has 0 saturated heterocycles. The number of aryl methyl sites for hydroxylation is 1. The lowest BCUT2D eigenvalue weighted by molar-refractivity contribution is 0.414.